The first-order chi connectivity index (χ1) is 6.20. The molecule has 0 heterocycles. The molecule has 0 radical (unpaired) electrons. The number of para-hydroxylation sites is 1. The van der Waals surface area contributed by atoms with Crippen LogP contribution in [0.2, 0.25) is 0 Å². The Labute approximate surface area is 76.2 Å². The number of hydrogen-bond acceptors (Lipinski definition) is 2. The van der Waals surface area contributed by atoms with Crippen molar-refractivity contribution in [2.45, 2.75) is 18.8 Å². The van der Waals surface area contributed by atoms with E-state index in [-0.39, 0.29) is 5.56 Å². The van der Waals surface area contributed by atoms with Crippen LogP contribution in [0.3, 0.4) is 0 Å². The SMILES string of the molecule is Nc1c(C(=O)O)cccc1C1CC1. The van der Waals surface area contributed by atoms with Gasteiger partial charge in [-0.3, -0.25) is 0 Å². The summed E-state index contributed by atoms with van der Waals surface area (Å²) in [5.41, 5.74) is 7.41. The fourth-order valence-corrected chi connectivity index (χ4v) is 1.52. The molecule has 0 aliphatic heterocycles. The third kappa shape index (κ3) is 1.37. The number of rotatable bonds is 2. The molecule has 3 N–H and O–H groups in total. The summed E-state index contributed by atoms with van der Waals surface area (Å²) >= 11 is 0. The molecule has 13 heavy (non-hydrogen) atoms. The Morgan fingerprint density at radius 3 is 2.69 bits per heavy atom. The highest BCUT2D eigenvalue weighted by Crippen LogP contribution is 2.43. The molecular formula is C10H11NO2. The zero-order valence-electron chi connectivity index (χ0n) is 7.16. The van der Waals surface area contributed by atoms with E-state index in [0.717, 1.165) is 18.4 Å². The molecular weight excluding hydrogens is 166 g/mol. The summed E-state index contributed by atoms with van der Waals surface area (Å²) in [5.74, 6) is -0.445. The van der Waals surface area contributed by atoms with E-state index in [1.54, 1.807) is 12.1 Å². The Balaban J connectivity index is 2.47. The Hall–Kier alpha value is -1.51. The Morgan fingerprint density at radius 2 is 2.15 bits per heavy atom. The van der Waals surface area contributed by atoms with Gasteiger partial charge in [0.15, 0.2) is 0 Å². The Bertz CT molecular complexity index is 356. The van der Waals surface area contributed by atoms with Crippen LogP contribution in [0.15, 0.2) is 18.2 Å². The third-order valence-corrected chi connectivity index (χ3v) is 2.39. The van der Waals surface area contributed by atoms with E-state index in [0.29, 0.717) is 11.6 Å². The molecule has 1 aromatic rings. The Kier molecular flexibility index (Phi) is 1.72. The van der Waals surface area contributed by atoms with Gasteiger partial charge in [-0.15, -0.1) is 0 Å². The Morgan fingerprint density at radius 1 is 1.46 bits per heavy atom. The summed E-state index contributed by atoms with van der Waals surface area (Å²) in [6.07, 6.45) is 2.26. The topological polar surface area (TPSA) is 63.3 Å². The van der Waals surface area contributed by atoms with E-state index in [9.17, 15) is 4.79 Å². The molecule has 0 bridgehead atoms. The quantitative estimate of drug-likeness (QED) is 0.677. The molecule has 1 aliphatic carbocycles. The summed E-state index contributed by atoms with van der Waals surface area (Å²) < 4.78 is 0. The van der Waals surface area contributed by atoms with Gasteiger partial charge in [0.1, 0.15) is 0 Å². The maximum absolute atomic E-state index is 10.7. The first kappa shape index (κ1) is 8.10. The van der Waals surface area contributed by atoms with Crippen molar-refractivity contribution < 1.29 is 9.90 Å². The highest BCUT2D eigenvalue weighted by molar-refractivity contribution is 5.94. The minimum atomic E-state index is -0.944. The smallest absolute Gasteiger partial charge is 0.337 e. The molecule has 3 nitrogen and oxygen atoms in total. The fraction of sp³-hybridized carbons (Fsp3) is 0.300. The van der Waals surface area contributed by atoms with Crippen LogP contribution < -0.4 is 5.73 Å². The van der Waals surface area contributed by atoms with Gasteiger partial charge in [0, 0.05) is 5.69 Å². The van der Waals surface area contributed by atoms with Crippen molar-refractivity contribution >= 4 is 11.7 Å². The van der Waals surface area contributed by atoms with Crippen LogP contribution in [0.1, 0.15) is 34.7 Å². The number of hydrogen-bond donors (Lipinski definition) is 2. The van der Waals surface area contributed by atoms with E-state index in [1.807, 2.05) is 6.07 Å². The number of benzene rings is 1. The standard InChI is InChI=1S/C10H11NO2/c11-9-7(6-4-5-6)2-1-3-8(9)10(12)13/h1-3,6H,4-5,11H2,(H,12,13). The molecule has 0 atom stereocenters. The summed E-state index contributed by atoms with van der Waals surface area (Å²) in [5, 5.41) is 8.81. The van der Waals surface area contributed by atoms with E-state index < -0.39 is 5.97 Å². The average Bonchev–Trinajstić information content (AvgIpc) is 2.87. The number of nitrogen functional groups attached to an aromatic ring is 1. The van der Waals surface area contributed by atoms with Crippen molar-refractivity contribution in [3.05, 3.63) is 29.3 Å². The van der Waals surface area contributed by atoms with Gasteiger partial charge in [0.05, 0.1) is 5.56 Å². The van der Waals surface area contributed by atoms with Crippen LogP contribution >= 0.6 is 0 Å². The van der Waals surface area contributed by atoms with Crippen LogP contribution in [0.4, 0.5) is 5.69 Å². The molecule has 3 heteroatoms. The zero-order chi connectivity index (χ0) is 9.42. The molecule has 0 amide bonds. The van der Waals surface area contributed by atoms with Gasteiger partial charge < -0.3 is 10.8 Å². The molecule has 2 rings (SSSR count). The maximum atomic E-state index is 10.7. The largest absolute Gasteiger partial charge is 0.478 e. The third-order valence-electron chi connectivity index (χ3n) is 2.39. The molecule has 1 fully saturated rings. The lowest BCUT2D eigenvalue weighted by Gasteiger charge is -2.06. The minimum Gasteiger partial charge on any atom is -0.478 e. The van der Waals surface area contributed by atoms with Crippen molar-refractivity contribution in [3.8, 4) is 0 Å². The van der Waals surface area contributed by atoms with E-state index in [2.05, 4.69) is 0 Å². The highest BCUT2D eigenvalue weighted by atomic mass is 16.4. The van der Waals surface area contributed by atoms with Gasteiger partial charge in [0.2, 0.25) is 0 Å². The zero-order valence-corrected chi connectivity index (χ0v) is 7.16. The van der Waals surface area contributed by atoms with Gasteiger partial charge in [-0.05, 0) is 30.4 Å². The van der Waals surface area contributed by atoms with Crippen molar-refractivity contribution in [2.24, 2.45) is 0 Å². The molecule has 1 aliphatic rings. The fourth-order valence-electron chi connectivity index (χ4n) is 1.52. The molecule has 1 saturated carbocycles. The summed E-state index contributed by atoms with van der Waals surface area (Å²) in [7, 11) is 0. The van der Waals surface area contributed by atoms with Crippen LogP contribution in [0.5, 0.6) is 0 Å². The second-order valence-electron chi connectivity index (χ2n) is 3.39. The number of nitrogens with two attached hydrogens (primary N) is 1. The summed E-state index contributed by atoms with van der Waals surface area (Å²) in [4.78, 5) is 10.7. The predicted octanol–water partition coefficient (Wildman–Crippen LogP) is 1.84. The van der Waals surface area contributed by atoms with Gasteiger partial charge in [-0.1, -0.05) is 12.1 Å². The van der Waals surface area contributed by atoms with Crippen LogP contribution in [-0.4, -0.2) is 11.1 Å². The first-order valence-corrected chi connectivity index (χ1v) is 4.32. The molecule has 1 aromatic carbocycles. The van der Waals surface area contributed by atoms with Crippen molar-refractivity contribution in [1.82, 2.24) is 0 Å². The van der Waals surface area contributed by atoms with Crippen LogP contribution in [0, 0.1) is 0 Å². The van der Waals surface area contributed by atoms with E-state index in [1.165, 1.54) is 0 Å². The lowest BCUT2D eigenvalue weighted by Crippen LogP contribution is -2.04. The van der Waals surface area contributed by atoms with Crippen LogP contribution in [-0.2, 0) is 0 Å². The number of carboxylic acids is 1. The lowest BCUT2D eigenvalue weighted by atomic mass is 10.0. The monoisotopic (exact) mass is 177 g/mol. The molecule has 0 unspecified atom stereocenters. The minimum absolute atomic E-state index is 0.226. The second-order valence-corrected chi connectivity index (χ2v) is 3.39. The molecule has 0 spiro atoms. The van der Waals surface area contributed by atoms with E-state index >= 15 is 0 Å². The van der Waals surface area contributed by atoms with Crippen LogP contribution in [0.25, 0.3) is 0 Å². The first-order valence-electron chi connectivity index (χ1n) is 4.32. The number of carboxylic acid groups (broad SMARTS) is 1. The van der Waals surface area contributed by atoms with Crippen molar-refractivity contribution in [1.29, 1.82) is 0 Å². The van der Waals surface area contributed by atoms with Crippen molar-refractivity contribution in [2.75, 3.05) is 5.73 Å². The number of anilines is 1. The van der Waals surface area contributed by atoms with Gasteiger partial charge in [-0.25, -0.2) is 4.79 Å². The lowest BCUT2D eigenvalue weighted by molar-refractivity contribution is 0.0698. The molecule has 0 saturated heterocycles. The highest BCUT2D eigenvalue weighted by Gasteiger charge is 2.26. The van der Waals surface area contributed by atoms with Crippen molar-refractivity contribution in [3.63, 3.8) is 0 Å². The summed E-state index contributed by atoms with van der Waals surface area (Å²) in [6, 6.07) is 5.22. The van der Waals surface area contributed by atoms with Gasteiger partial charge in [0.25, 0.3) is 0 Å². The van der Waals surface area contributed by atoms with E-state index in [4.69, 9.17) is 10.8 Å². The number of aromatic carboxylic acids is 1. The molecule has 0 aromatic heterocycles. The number of carbonyl (C=O) groups is 1. The normalized spacial score (nSPS) is 15.7. The predicted molar refractivity (Wildman–Crippen MR) is 49.8 cm³/mol. The maximum Gasteiger partial charge on any atom is 0.337 e. The van der Waals surface area contributed by atoms with Gasteiger partial charge >= 0.3 is 5.97 Å². The average molecular weight is 177 g/mol. The second kappa shape index (κ2) is 2.76. The molecule has 68 valence electrons. The summed E-state index contributed by atoms with van der Waals surface area (Å²) in [6.45, 7) is 0. The van der Waals surface area contributed by atoms with Gasteiger partial charge in [-0.2, -0.15) is 0 Å².